The van der Waals surface area contributed by atoms with Crippen molar-refractivity contribution in [3.05, 3.63) is 23.8 Å². The van der Waals surface area contributed by atoms with Crippen LogP contribution in [-0.4, -0.2) is 22.1 Å². The summed E-state index contributed by atoms with van der Waals surface area (Å²) in [6.45, 7) is 1.29. The first-order valence-corrected chi connectivity index (χ1v) is 3.84. The van der Waals surface area contributed by atoms with E-state index >= 15 is 0 Å². The molecule has 74 valence electrons. The molecule has 0 atom stereocenters. The van der Waals surface area contributed by atoms with Crippen molar-refractivity contribution in [2.75, 3.05) is 5.32 Å². The van der Waals surface area contributed by atoms with Crippen LogP contribution in [0.5, 0.6) is 5.75 Å². The van der Waals surface area contributed by atoms with Gasteiger partial charge in [-0.15, -0.1) is 0 Å². The highest BCUT2D eigenvalue weighted by Gasteiger charge is 2.08. The number of amides is 1. The van der Waals surface area contributed by atoms with Crippen LogP contribution in [-0.2, 0) is 0 Å². The maximum Gasteiger partial charge on any atom is 0.409 e. The molecule has 3 N–H and O–H groups in total. The number of hydrogen-bond donors (Lipinski definition) is 3. The van der Waals surface area contributed by atoms with Gasteiger partial charge in [-0.3, -0.25) is 10.1 Å². The number of aromatic hydroxyl groups is 1. The Morgan fingerprint density at radius 1 is 1.36 bits per heavy atom. The number of nitrogens with one attached hydrogen (secondary N) is 1. The van der Waals surface area contributed by atoms with Crippen molar-refractivity contribution in [3.8, 4) is 5.75 Å². The van der Waals surface area contributed by atoms with Gasteiger partial charge < -0.3 is 10.2 Å². The van der Waals surface area contributed by atoms with Gasteiger partial charge in [0.25, 0.3) is 0 Å². The van der Waals surface area contributed by atoms with Gasteiger partial charge in [0, 0.05) is 5.69 Å². The number of carbonyl (C=O) groups is 2. The van der Waals surface area contributed by atoms with E-state index < -0.39 is 6.09 Å². The lowest BCUT2D eigenvalue weighted by Gasteiger charge is -2.04. The maximum atomic E-state index is 11.0. The Kier molecular flexibility index (Phi) is 2.71. The van der Waals surface area contributed by atoms with Crippen LogP contribution >= 0.6 is 0 Å². The topological polar surface area (TPSA) is 86.6 Å². The SMILES string of the molecule is CC(=O)c1cc(NC(=O)O)ccc1O. The summed E-state index contributed by atoms with van der Waals surface area (Å²) in [5.41, 5.74) is 0.344. The molecule has 1 rings (SSSR count). The number of carboxylic acid groups (broad SMARTS) is 1. The number of hydrogen-bond acceptors (Lipinski definition) is 3. The minimum atomic E-state index is -1.22. The van der Waals surface area contributed by atoms with E-state index in [9.17, 15) is 14.7 Å². The third-order valence-electron chi connectivity index (χ3n) is 1.63. The van der Waals surface area contributed by atoms with Gasteiger partial charge in [0.2, 0.25) is 0 Å². The normalized spacial score (nSPS) is 9.50. The first kappa shape index (κ1) is 10.0. The van der Waals surface area contributed by atoms with Crippen molar-refractivity contribution in [3.63, 3.8) is 0 Å². The number of phenolic OH excluding ortho intramolecular Hbond substituents is 1. The third-order valence-corrected chi connectivity index (χ3v) is 1.63. The number of benzene rings is 1. The summed E-state index contributed by atoms with van der Waals surface area (Å²) in [5.74, 6) is -0.482. The molecule has 0 radical (unpaired) electrons. The van der Waals surface area contributed by atoms with E-state index in [1.807, 2.05) is 0 Å². The Morgan fingerprint density at radius 2 is 2.00 bits per heavy atom. The Labute approximate surface area is 80.0 Å². The molecule has 0 fully saturated rings. The van der Waals surface area contributed by atoms with Crippen LogP contribution in [0.3, 0.4) is 0 Å². The van der Waals surface area contributed by atoms with E-state index in [0.29, 0.717) is 0 Å². The van der Waals surface area contributed by atoms with Crippen LogP contribution in [0, 0.1) is 0 Å². The highest BCUT2D eigenvalue weighted by atomic mass is 16.4. The summed E-state index contributed by atoms with van der Waals surface area (Å²) >= 11 is 0. The number of Topliss-reactive ketones (excluding diaryl/α,β-unsaturated/α-hetero) is 1. The molecule has 0 aliphatic rings. The van der Waals surface area contributed by atoms with Crippen LogP contribution in [0.15, 0.2) is 18.2 Å². The minimum Gasteiger partial charge on any atom is -0.507 e. The monoisotopic (exact) mass is 195 g/mol. The predicted octanol–water partition coefficient (Wildman–Crippen LogP) is 1.68. The summed E-state index contributed by atoms with van der Waals surface area (Å²) in [7, 11) is 0. The van der Waals surface area contributed by atoms with E-state index in [2.05, 4.69) is 5.32 Å². The molecule has 0 aromatic heterocycles. The van der Waals surface area contributed by atoms with E-state index in [1.54, 1.807) is 0 Å². The lowest BCUT2D eigenvalue weighted by atomic mass is 10.1. The van der Waals surface area contributed by atoms with Gasteiger partial charge in [0.1, 0.15) is 5.75 Å². The summed E-state index contributed by atoms with van der Waals surface area (Å²) in [4.78, 5) is 21.2. The molecule has 0 heterocycles. The van der Waals surface area contributed by atoms with Gasteiger partial charge in [-0.1, -0.05) is 0 Å². The van der Waals surface area contributed by atoms with E-state index in [0.717, 1.165) is 0 Å². The maximum absolute atomic E-state index is 11.0. The third kappa shape index (κ3) is 2.22. The molecule has 5 heteroatoms. The highest BCUT2D eigenvalue weighted by Crippen LogP contribution is 2.21. The number of anilines is 1. The molecule has 0 unspecified atom stereocenters. The molecule has 14 heavy (non-hydrogen) atoms. The van der Waals surface area contributed by atoms with Gasteiger partial charge in [-0.25, -0.2) is 4.79 Å². The van der Waals surface area contributed by atoms with Gasteiger partial charge >= 0.3 is 6.09 Å². The summed E-state index contributed by atoms with van der Waals surface area (Å²) in [6.07, 6.45) is -1.22. The number of ketones is 1. The quantitative estimate of drug-likeness (QED) is 0.495. The fourth-order valence-corrected chi connectivity index (χ4v) is 1.02. The zero-order chi connectivity index (χ0) is 10.7. The largest absolute Gasteiger partial charge is 0.507 e. The van der Waals surface area contributed by atoms with Crippen molar-refractivity contribution in [1.82, 2.24) is 0 Å². The van der Waals surface area contributed by atoms with Crippen LogP contribution in [0.4, 0.5) is 10.5 Å². The molecule has 1 aromatic rings. The molecule has 0 saturated carbocycles. The number of phenols is 1. The lowest BCUT2D eigenvalue weighted by molar-refractivity contribution is 0.101. The molecule has 0 aliphatic carbocycles. The summed E-state index contributed by atoms with van der Waals surface area (Å²) < 4.78 is 0. The van der Waals surface area contributed by atoms with E-state index in [4.69, 9.17) is 5.11 Å². The number of rotatable bonds is 2. The van der Waals surface area contributed by atoms with Gasteiger partial charge in [0.15, 0.2) is 5.78 Å². The lowest BCUT2D eigenvalue weighted by Crippen LogP contribution is -2.07. The second-order valence-corrected chi connectivity index (χ2v) is 2.72. The fraction of sp³-hybridized carbons (Fsp3) is 0.111. The van der Waals surface area contributed by atoms with Crippen molar-refractivity contribution in [1.29, 1.82) is 0 Å². The van der Waals surface area contributed by atoms with Crippen LogP contribution in [0.25, 0.3) is 0 Å². The zero-order valence-electron chi connectivity index (χ0n) is 7.44. The fourth-order valence-electron chi connectivity index (χ4n) is 1.02. The second-order valence-electron chi connectivity index (χ2n) is 2.72. The van der Waals surface area contributed by atoms with Crippen molar-refractivity contribution < 1.29 is 19.8 Å². The Balaban J connectivity index is 3.06. The Bertz CT molecular complexity index is 386. The summed E-state index contributed by atoms with van der Waals surface area (Å²) in [6, 6.07) is 3.92. The summed E-state index contributed by atoms with van der Waals surface area (Å²) in [5, 5.41) is 19.7. The van der Waals surface area contributed by atoms with Crippen molar-refractivity contribution in [2.24, 2.45) is 0 Å². The van der Waals surface area contributed by atoms with Crippen molar-refractivity contribution in [2.45, 2.75) is 6.92 Å². The predicted molar refractivity (Wildman–Crippen MR) is 49.8 cm³/mol. The van der Waals surface area contributed by atoms with E-state index in [-0.39, 0.29) is 22.8 Å². The second kappa shape index (κ2) is 3.78. The van der Waals surface area contributed by atoms with Crippen LogP contribution < -0.4 is 5.32 Å². The Hall–Kier alpha value is -2.04. The average Bonchev–Trinajstić information content (AvgIpc) is 2.07. The van der Waals surface area contributed by atoms with Crippen LogP contribution in [0.1, 0.15) is 17.3 Å². The van der Waals surface area contributed by atoms with Gasteiger partial charge in [0.05, 0.1) is 5.56 Å². The van der Waals surface area contributed by atoms with Gasteiger partial charge in [-0.05, 0) is 25.1 Å². The molecule has 0 aliphatic heterocycles. The molecular weight excluding hydrogens is 186 g/mol. The molecule has 1 aromatic carbocycles. The average molecular weight is 195 g/mol. The Morgan fingerprint density at radius 3 is 2.50 bits per heavy atom. The highest BCUT2D eigenvalue weighted by molar-refractivity contribution is 5.98. The smallest absolute Gasteiger partial charge is 0.409 e. The minimum absolute atomic E-state index is 0.0938. The zero-order valence-corrected chi connectivity index (χ0v) is 7.44. The molecule has 0 spiro atoms. The molecule has 0 bridgehead atoms. The first-order chi connectivity index (χ1) is 6.50. The molecule has 0 saturated heterocycles. The standard InChI is InChI=1S/C9H9NO4/c1-5(11)7-4-6(10-9(13)14)2-3-8(7)12/h2-4,10,12H,1H3,(H,13,14). The first-order valence-electron chi connectivity index (χ1n) is 3.84. The molecular formula is C9H9NO4. The van der Waals surface area contributed by atoms with Crippen LogP contribution in [0.2, 0.25) is 0 Å². The van der Waals surface area contributed by atoms with E-state index in [1.165, 1.54) is 25.1 Å². The molecule has 1 amide bonds. The number of carbonyl (C=O) groups excluding carboxylic acids is 1. The van der Waals surface area contributed by atoms with Gasteiger partial charge in [-0.2, -0.15) is 0 Å². The van der Waals surface area contributed by atoms with Crippen molar-refractivity contribution >= 4 is 17.6 Å². The molecule has 5 nitrogen and oxygen atoms in total.